The van der Waals surface area contributed by atoms with Gasteiger partial charge in [-0.15, -0.1) is 0 Å². The van der Waals surface area contributed by atoms with Gasteiger partial charge in [-0.3, -0.25) is 4.79 Å². The molecule has 0 spiro atoms. The van der Waals surface area contributed by atoms with Crippen LogP contribution in [0.5, 0.6) is 0 Å². The number of benzene rings is 4. The summed E-state index contributed by atoms with van der Waals surface area (Å²) in [5.74, 6) is -2.32. The lowest BCUT2D eigenvalue weighted by Crippen LogP contribution is -2.49. The summed E-state index contributed by atoms with van der Waals surface area (Å²) in [4.78, 5) is 29.2. The molecule has 4 nitrogen and oxygen atoms in total. The average molecular weight is 652 g/mol. The van der Waals surface area contributed by atoms with Crippen molar-refractivity contribution in [1.29, 1.82) is 0 Å². The lowest BCUT2D eigenvalue weighted by atomic mass is 9.64. The number of hydrogen-bond donors (Lipinski definition) is 0. The van der Waals surface area contributed by atoms with Crippen LogP contribution in [0.4, 0.5) is 36.8 Å². The minimum absolute atomic E-state index is 0.0218. The number of rotatable bonds is 6. The van der Waals surface area contributed by atoms with Crippen LogP contribution in [0.1, 0.15) is 48.9 Å². The molecule has 0 bridgehead atoms. The van der Waals surface area contributed by atoms with Gasteiger partial charge in [0.2, 0.25) is 5.91 Å². The molecular weight excluding hydrogens is 620 g/mol. The van der Waals surface area contributed by atoms with Gasteiger partial charge in [0.1, 0.15) is 5.60 Å². The summed E-state index contributed by atoms with van der Waals surface area (Å²) in [6.07, 6.45) is -9.96. The fourth-order valence-corrected chi connectivity index (χ4v) is 5.95. The zero-order valence-corrected chi connectivity index (χ0v) is 25.7. The van der Waals surface area contributed by atoms with Crippen LogP contribution in [-0.4, -0.2) is 23.8 Å². The molecule has 47 heavy (non-hydrogen) atoms. The maximum absolute atomic E-state index is 14.8. The second kappa shape index (κ2) is 12.4. The summed E-state index contributed by atoms with van der Waals surface area (Å²) in [6.45, 7) is 4.82. The van der Waals surface area contributed by atoms with Crippen molar-refractivity contribution in [2.24, 2.45) is 0 Å². The third-order valence-electron chi connectivity index (χ3n) is 7.94. The second-order valence-corrected chi connectivity index (χ2v) is 12.3. The maximum Gasteiger partial charge on any atom is 0.421 e. The lowest BCUT2D eigenvalue weighted by Gasteiger charge is -2.36. The number of para-hydroxylation sites is 1. The Balaban J connectivity index is 1.74. The van der Waals surface area contributed by atoms with Gasteiger partial charge in [0, 0.05) is 12.0 Å². The van der Waals surface area contributed by atoms with Gasteiger partial charge in [-0.1, -0.05) is 91.0 Å². The first kappa shape index (κ1) is 33.5. The SMILES string of the molecule is CC(C)(C)OC(=O)N1C(=O)C(Cc2ccc(-c3ccccc3)cc2)(C(/C=C/C(F)(F)F)c2ccc(C(F)(F)F)cc2)c2ccccc21. The molecule has 0 aromatic heterocycles. The molecule has 4 aromatic carbocycles. The molecule has 0 fully saturated rings. The zero-order chi connectivity index (χ0) is 34.2. The van der Waals surface area contributed by atoms with Crippen LogP contribution in [0.25, 0.3) is 11.1 Å². The van der Waals surface area contributed by atoms with E-state index in [1.54, 1.807) is 51.1 Å². The predicted molar refractivity (Wildman–Crippen MR) is 167 cm³/mol. The Morgan fingerprint density at radius 2 is 1.36 bits per heavy atom. The number of hydrogen-bond acceptors (Lipinski definition) is 3. The topological polar surface area (TPSA) is 46.6 Å². The Labute approximate surface area is 268 Å². The molecule has 2 atom stereocenters. The van der Waals surface area contributed by atoms with Crippen molar-refractivity contribution >= 4 is 17.7 Å². The van der Waals surface area contributed by atoms with E-state index >= 15 is 0 Å². The van der Waals surface area contributed by atoms with Crippen molar-refractivity contribution in [2.45, 2.75) is 56.5 Å². The first-order valence-corrected chi connectivity index (χ1v) is 14.7. The number of carbonyl (C=O) groups is 2. The molecule has 0 saturated carbocycles. The number of fused-ring (bicyclic) bond motifs is 1. The molecule has 2 amide bonds. The highest BCUT2D eigenvalue weighted by Crippen LogP contribution is 2.53. The lowest BCUT2D eigenvalue weighted by molar-refractivity contribution is -0.137. The van der Waals surface area contributed by atoms with Gasteiger partial charge in [-0.05, 0) is 73.2 Å². The van der Waals surface area contributed by atoms with E-state index in [0.29, 0.717) is 5.56 Å². The quantitative estimate of drug-likeness (QED) is 0.154. The molecule has 0 radical (unpaired) electrons. The highest BCUT2D eigenvalue weighted by Gasteiger charge is 2.57. The number of alkyl halides is 6. The van der Waals surface area contributed by atoms with Gasteiger partial charge in [0.15, 0.2) is 0 Å². The van der Waals surface area contributed by atoms with E-state index in [2.05, 4.69) is 0 Å². The van der Waals surface area contributed by atoms with Gasteiger partial charge < -0.3 is 4.74 Å². The molecule has 10 heteroatoms. The Morgan fingerprint density at radius 3 is 1.94 bits per heavy atom. The van der Waals surface area contributed by atoms with Crippen molar-refractivity contribution in [3.63, 3.8) is 0 Å². The predicted octanol–water partition coefficient (Wildman–Crippen LogP) is 10.0. The van der Waals surface area contributed by atoms with E-state index in [0.717, 1.165) is 46.4 Å². The molecule has 0 saturated heterocycles. The van der Waals surface area contributed by atoms with E-state index in [9.17, 15) is 35.9 Å². The number of halogens is 6. The van der Waals surface area contributed by atoms with E-state index in [1.807, 2.05) is 42.5 Å². The van der Waals surface area contributed by atoms with Crippen LogP contribution in [0.2, 0.25) is 0 Å². The van der Waals surface area contributed by atoms with Crippen LogP contribution < -0.4 is 4.90 Å². The summed E-state index contributed by atoms with van der Waals surface area (Å²) >= 11 is 0. The average Bonchev–Trinajstić information content (AvgIpc) is 3.24. The summed E-state index contributed by atoms with van der Waals surface area (Å²) in [6, 6.07) is 26.4. The fourth-order valence-electron chi connectivity index (χ4n) is 5.95. The third kappa shape index (κ3) is 7.11. The number of nitrogens with zero attached hydrogens (tertiary/aromatic N) is 1. The molecule has 1 aliphatic rings. The van der Waals surface area contributed by atoms with Crippen molar-refractivity contribution in [3.05, 3.63) is 138 Å². The molecule has 244 valence electrons. The zero-order valence-electron chi connectivity index (χ0n) is 25.7. The largest absolute Gasteiger partial charge is 0.443 e. The van der Waals surface area contributed by atoms with Gasteiger partial charge in [0.05, 0.1) is 16.7 Å². The first-order valence-electron chi connectivity index (χ1n) is 14.7. The van der Waals surface area contributed by atoms with Crippen molar-refractivity contribution in [3.8, 4) is 11.1 Å². The normalized spacial score (nSPS) is 17.6. The Hall–Kier alpha value is -4.86. The number of anilines is 1. The van der Waals surface area contributed by atoms with Crippen molar-refractivity contribution in [1.82, 2.24) is 0 Å². The molecule has 0 N–H and O–H groups in total. The number of carbonyl (C=O) groups excluding carboxylic acids is 2. The smallest absolute Gasteiger partial charge is 0.421 e. The summed E-state index contributed by atoms with van der Waals surface area (Å²) in [5, 5.41) is 0. The van der Waals surface area contributed by atoms with Gasteiger partial charge in [0.25, 0.3) is 0 Å². The standard InChI is InChI=1S/C37H31F6NO3/c1-34(2,3)47-33(46)44-31-12-8-7-11-30(31)35(32(44)45,23-24-13-15-26(16-14-24)25-9-5-4-6-10-25)29(21-22-36(38,39)40)27-17-19-28(20-18-27)37(41,42)43/h4-22,29H,23H2,1-3H3/b22-21+. The number of imide groups is 1. The van der Waals surface area contributed by atoms with Crippen LogP contribution in [0, 0.1) is 0 Å². The molecule has 1 aliphatic heterocycles. The minimum atomic E-state index is -4.81. The van der Waals surface area contributed by atoms with Crippen LogP contribution in [0.3, 0.4) is 0 Å². The molecule has 2 unspecified atom stereocenters. The van der Waals surface area contributed by atoms with Crippen LogP contribution >= 0.6 is 0 Å². The number of allylic oxidation sites excluding steroid dienone is 2. The first-order chi connectivity index (χ1) is 22.0. The Bertz CT molecular complexity index is 1770. The van der Waals surface area contributed by atoms with Crippen LogP contribution in [0.15, 0.2) is 115 Å². The summed E-state index contributed by atoms with van der Waals surface area (Å²) < 4.78 is 87.4. The molecule has 5 rings (SSSR count). The van der Waals surface area contributed by atoms with E-state index in [4.69, 9.17) is 4.74 Å². The van der Waals surface area contributed by atoms with E-state index in [-0.39, 0.29) is 29.3 Å². The van der Waals surface area contributed by atoms with Gasteiger partial charge >= 0.3 is 18.4 Å². The van der Waals surface area contributed by atoms with Gasteiger partial charge in [-0.25, -0.2) is 9.69 Å². The number of ether oxygens (including phenoxy) is 1. The molecular formula is C37H31F6NO3. The van der Waals surface area contributed by atoms with Crippen molar-refractivity contribution in [2.75, 3.05) is 4.90 Å². The van der Waals surface area contributed by atoms with Crippen LogP contribution in [-0.2, 0) is 27.5 Å². The fraction of sp³-hybridized carbons (Fsp3) is 0.243. The molecule has 1 heterocycles. The second-order valence-electron chi connectivity index (χ2n) is 12.3. The summed E-state index contributed by atoms with van der Waals surface area (Å²) in [7, 11) is 0. The summed E-state index contributed by atoms with van der Waals surface area (Å²) in [5.41, 5.74) is -1.22. The minimum Gasteiger partial charge on any atom is -0.443 e. The molecule has 4 aromatic rings. The van der Waals surface area contributed by atoms with Crippen molar-refractivity contribution < 1.29 is 40.7 Å². The molecule has 0 aliphatic carbocycles. The number of amides is 2. The maximum atomic E-state index is 14.8. The third-order valence-corrected chi connectivity index (χ3v) is 7.94. The van der Waals surface area contributed by atoms with Gasteiger partial charge in [-0.2, -0.15) is 26.3 Å². The van der Waals surface area contributed by atoms with E-state index in [1.165, 1.54) is 6.07 Å². The Morgan fingerprint density at radius 1 is 0.787 bits per heavy atom. The highest BCUT2D eigenvalue weighted by molar-refractivity contribution is 6.21. The van der Waals surface area contributed by atoms with E-state index < -0.39 is 46.9 Å². The highest BCUT2D eigenvalue weighted by atomic mass is 19.4. The monoisotopic (exact) mass is 651 g/mol. The Kier molecular flexibility index (Phi) is 8.83.